The number of carbonyl (C=O) groups is 1. The minimum absolute atomic E-state index is 0.131. The molecule has 0 aliphatic carbocycles. The summed E-state index contributed by atoms with van der Waals surface area (Å²) in [6.45, 7) is 4.27. The van der Waals surface area contributed by atoms with Crippen molar-refractivity contribution in [3.63, 3.8) is 0 Å². The number of nitrogens with one attached hydrogen (secondary N) is 1. The van der Waals surface area contributed by atoms with Crippen LogP contribution in [0.3, 0.4) is 0 Å². The average molecular weight is 485 g/mol. The van der Waals surface area contributed by atoms with Crippen LogP contribution in [0.1, 0.15) is 35.5 Å². The fourth-order valence-electron chi connectivity index (χ4n) is 4.28. The molecule has 182 valence electrons. The summed E-state index contributed by atoms with van der Waals surface area (Å²) in [7, 11) is 1.41. The van der Waals surface area contributed by atoms with Crippen molar-refractivity contribution in [3.8, 4) is 17.1 Å². The van der Waals surface area contributed by atoms with Gasteiger partial charge in [-0.15, -0.1) is 0 Å². The number of nitrogens with zero attached hydrogens (tertiary/aromatic N) is 3. The highest BCUT2D eigenvalue weighted by molar-refractivity contribution is 5.86. The van der Waals surface area contributed by atoms with Crippen LogP contribution in [0, 0.1) is 12.7 Å². The molecule has 0 bridgehead atoms. The van der Waals surface area contributed by atoms with Crippen LogP contribution in [0.2, 0.25) is 0 Å². The number of allylic oxidation sites excluding steroid dienone is 1. The number of hydrogen-bond acceptors (Lipinski definition) is 5. The number of hydrogen-bond donors (Lipinski definition) is 1. The summed E-state index contributed by atoms with van der Waals surface area (Å²) in [5.74, 6) is 0.0992. The number of carbonyl (C=O) groups excluding carboxylic acids is 1. The molecule has 0 radical (unpaired) electrons. The van der Waals surface area contributed by atoms with E-state index >= 15 is 0 Å². The number of halogens is 1. The van der Waals surface area contributed by atoms with Crippen molar-refractivity contribution in [3.05, 3.63) is 107 Å². The van der Waals surface area contributed by atoms with Crippen LogP contribution >= 0.6 is 0 Å². The van der Waals surface area contributed by atoms with Crippen molar-refractivity contribution in [2.45, 2.75) is 26.4 Å². The lowest BCUT2D eigenvalue weighted by atomic mass is 9.94. The molecule has 2 amide bonds. The van der Waals surface area contributed by atoms with Crippen LogP contribution in [-0.4, -0.2) is 28.2 Å². The Labute approximate surface area is 208 Å². The molecule has 4 aromatic rings. The largest absolute Gasteiger partial charge is 0.494 e. The van der Waals surface area contributed by atoms with Crippen molar-refractivity contribution in [2.75, 3.05) is 7.11 Å². The summed E-state index contributed by atoms with van der Waals surface area (Å²) in [5, 5.41) is 7.19. The van der Waals surface area contributed by atoms with E-state index in [1.165, 1.54) is 19.2 Å². The molecule has 1 aliphatic rings. The summed E-state index contributed by atoms with van der Waals surface area (Å²) in [6.07, 6.45) is 0. The highest BCUT2D eigenvalue weighted by Crippen LogP contribution is 2.38. The van der Waals surface area contributed by atoms with Crippen LogP contribution in [0.25, 0.3) is 17.0 Å². The van der Waals surface area contributed by atoms with Gasteiger partial charge >= 0.3 is 6.03 Å². The van der Waals surface area contributed by atoms with Crippen LogP contribution < -0.4 is 10.1 Å². The molecule has 2 heterocycles. The Morgan fingerprint density at radius 1 is 1.06 bits per heavy atom. The van der Waals surface area contributed by atoms with Crippen molar-refractivity contribution in [1.82, 2.24) is 20.4 Å². The zero-order valence-electron chi connectivity index (χ0n) is 20.2. The lowest BCUT2D eigenvalue weighted by Crippen LogP contribution is -2.45. The molecule has 1 aromatic heterocycles. The molecule has 0 saturated heterocycles. The molecule has 8 heteroatoms. The maximum Gasteiger partial charge on any atom is 0.322 e. The van der Waals surface area contributed by atoms with E-state index in [9.17, 15) is 9.18 Å². The van der Waals surface area contributed by atoms with Gasteiger partial charge in [-0.05, 0) is 43.2 Å². The highest BCUT2D eigenvalue weighted by Gasteiger charge is 2.35. The summed E-state index contributed by atoms with van der Waals surface area (Å²) in [6, 6.07) is 21.4. The Balaban J connectivity index is 1.57. The summed E-state index contributed by atoms with van der Waals surface area (Å²) in [5.41, 5.74) is 4.85. The second kappa shape index (κ2) is 9.65. The third-order valence-corrected chi connectivity index (χ3v) is 6.26. The number of benzene rings is 3. The van der Waals surface area contributed by atoms with E-state index in [0.717, 1.165) is 16.7 Å². The van der Waals surface area contributed by atoms with Crippen molar-refractivity contribution in [1.29, 1.82) is 0 Å². The van der Waals surface area contributed by atoms with Crippen molar-refractivity contribution < 1.29 is 18.4 Å². The molecule has 1 aliphatic heterocycles. The summed E-state index contributed by atoms with van der Waals surface area (Å²) >= 11 is 0. The lowest BCUT2D eigenvalue weighted by molar-refractivity contribution is 0.203. The van der Waals surface area contributed by atoms with E-state index in [2.05, 4.69) is 15.5 Å². The Hall–Kier alpha value is -4.46. The molecular weight excluding hydrogens is 459 g/mol. The van der Waals surface area contributed by atoms with Crippen molar-refractivity contribution >= 4 is 11.6 Å². The fraction of sp³-hybridized carbons (Fsp3) is 0.179. The molecular formula is C28H25FN4O3. The number of urea groups is 1. The van der Waals surface area contributed by atoms with Gasteiger partial charge in [0, 0.05) is 11.3 Å². The molecule has 1 atom stereocenters. The first-order chi connectivity index (χ1) is 17.4. The first kappa shape index (κ1) is 23.3. The minimum atomic E-state index is -0.520. The van der Waals surface area contributed by atoms with Crippen LogP contribution in [-0.2, 0) is 6.54 Å². The van der Waals surface area contributed by atoms with Gasteiger partial charge in [-0.1, -0.05) is 65.3 Å². The molecule has 1 unspecified atom stereocenters. The third kappa shape index (κ3) is 4.45. The SMILES string of the molecule is COc1ccc(-c2noc(C3=C(C)N(Cc4ccc(C)cc4)C(=O)NC3c3ccccc3)n2)cc1F. The van der Waals surface area contributed by atoms with E-state index in [4.69, 9.17) is 9.26 Å². The highest BCUT2D eigenvalue weighted by atomic mass is 19.1. The van der Waals surface area contributed by atoms with E-state index in [1.54, 1.807) is 11.0 Å². The van der Waals surface area contributed by atoms with Gasteiger partial charge in [0.2, 0.25) is 5.82 Å². The quantitative estimate of drug-likeness (QED) is 0.369. The standard InChI is InChI=1S/C28H25FN4O3/c1-17-9-11-19(12-10-17)16-33-18(2)24(25(30-28(33)34)20-7-5-4-6-8-20)27-31-26(32-36-27)21-13-14-23(35-3)22(29)15-21/h4-15,25H,16H2,1-3H3,(H,30,34). The van der Waals surface area contributed by atoms with Gasteiger partial charge in [0.05, 0.1) is 25.3 Å². The molecule has 1 N–H and O–H groups in total. The Morgan fingerprint density at radius 2 is 1.81 bits per heavy atom. The van der Waals surface area contributed by atoms with Crippen LogP contribution in [0.5, 0.6) is 5.75 Å². The first-order valence-electron chi connectivity index (χ1n) is 11.5. The smallest absolute Gasteiger partial charge is 0.322 e. The van der Waals surface area contributed by atoms with Gasteiger partial charge in [-0.25, -0.2) is 9.18 Å². The maximum absolute atomic E-state index is 14.3. The van der Waals surface area contributed by atoms with E-state index in [-0.39, 0.29) is 23.5 Å². The third-order valence-electron chi connectivity index (χ3n) is 6.26. The number of rotatable bonds is 6. The monoisotopic (exact) mass is 484 g/mol. The predicted molar refractivity (Wildman–Crippen MR) is 133 cm³/mol. The van der Waals surface area contributed by atoms with Crippen LogP contribution in [0.4, 0.5) is 9.18 Å². The molecule has 0 spiro atoms. The van der Waals surface area contributed by atoms with Gasteiger partial charge in [0.1, 0.15) is 0 Å². The Morgan fingerprint density at radius 3 is 2.50 bits per heavy atom. The van der Waals surface area contributed by atoms with Crippen molar-refractivity contribution in [2.24, 2.45) is 0 Å². The van der Waals surface area contributed by atoms with Gasteiger partial charge in [0.25, 0.3) is 5.89 Å². The number of aromatic nitrogens is 2. The number of methoxy groups -OCH3 is 1. The molecule has 7 nitrogen and oxygen atoms in total. The Kier molecular flexibility index (Phi) is 6.25. The second-order valence-corrected chi connectivity index (χ2v) is 8.64. The number of amides is 2. The molecule has 0 saturated carbocycles. The molecule has 0 fully saturated rings. The van der Waals surface area contributed by atoms with E-state index in [0.29, 0.717) is 23.4 Å². The zero-order valence-corrected chi connectivity index (χ0v) is 20.2. The molecule has 5 rings (SSSR count). The van der Waals surface area contributed by atoms with Gasteiger partial charge in [0.15, 0.2) is 11.6 Å². The molecule has 3 aromatic carbocycles. The zero-order chi connectivity index (χ0) is 25.2. The number of aryl methyl sites for hydroxylation is 1. The van der Waals surface area contributed by atoms with Gasteiger partial charge < -0.3 is 14.6 Å². The fourth-order valence-corrected chi connectivity index (χ4v) is 4.28. The van der Waals surface area contributed by atoms with E-state index < -0.39 is 11.9 Å². The maximum atomic E-state index is 14.3. The predicted octanol–water partition coefficient (Wildman–Crippen LogP) is 5.89. The van der Waals surface area contributed by atoms with E-state index in [1.807, 2.05) is 68.4 Å². The Bertz CT molecular complexity index is 1430. The molecule has 36 heavy (non-hydrogen) atoms. The first-order valence-corrected chi connectivity index (χ1v) is 11.5. The normalized spacial score (nSPS) is 15.7. The second-order valence-electron chi connectivity index (χ2n) is 8.64. The number of ether oxygens (including phenoxy) is 1. The summed E-state index contributed by atoms with van der Waals surface area (Å²) < 4.78 is 25.0. The average Bonchev–Trinajstić information content (AvgIpc) is 3.37. The van der Waals surface area contributed by atoms with Gasteiger partial charge in [-0.2, -0.15) is 4.98 Å². The lowest BCUT2D eigenvalue weighted by Gasteiger charge is -2.35. The van der Waals surface area contributed by atoms with Crippen LogP contribution in [0.15, 0.2) is 83.0 Å². The minimum Gasteiger partial charge on any atom is -0.494 e. The topological polar surface area (TPSA) is 80.5 Å². The summed E-state index contributed by atoms with van der Waals surface area (Å²) in [4.78, 5) is 19.5. The van der Waals surface area contributed by atoms with Gasteiger partial charge in [-0.3, -0.25) is 4.90 Å².